The fraction of sp³-hybridized carbons (Fsp3) is 0.444. The number of rotatable bonds is 5. The number of H-pyrrole nitrogens is 1. The number of aryl methyl sites for hydroxylation is 1. The second kappa shape index (κ2) is 7.99. The number of anilines is 1. The Bertz CT molecular complexity index is 766. The summed E-state index contributed by atoms with van der Waals surface area (Å²) in [5.74, 6) is 0.662. The van der Waals surface area contributed by atoms with Gasteiger partial charge >= 0.3 is 0 Å². The number of aromatic nitrogens is 2. The van der Waals surface area contributed by atoms with Crippen LogP contribution in [0.5, 0.6) is 0 Å². The molecule has 134 valence electrons. The molecule has 6 nitrogen and oxygen atoms in total. The Morgan fingerprint density at radius 3 is 2.48 bits per heavy atom. The van der Waals surface area contributed by atoms with Crippen LogP contribution in [0.3, 0.4) is 0 Å². The van der Waals surface area contributed by atoms with Crippen LogP contribution in [0.4, 0.5) is 5.95 Å². The lowest BCUT2D eigenvalue weighted by molar-refractivity contribution is 0.263. The van der Waals surface area contributed by atoms with E-state index in [1.807, 2.05) is 31.2 Å². The first-order valence-corrected chi connectivity index (χ1v) is 8.96. The summed E-state index contributed by atoms with van der Waals surface area (Å²) in [6, 6.07) is 7.55. The van der Waals surface area contributed by atoms with E-state index in [9.17, 15) is 4.79 Å². The average molecular weight is 362 g/mol. The number of aromatic amines is 1. The summed E-state index contributed by atoms with van der Waals surface area (Å²) in [6.45, 7) is 7.05. The molecule has 1 aromatic heterocycles. The third-order valence-corrected chi connectivity index (χ3v) is 4.87. The quantitative estimate of drug-likeness (QED) is 0.841. The Morgan fingerprint density at radius 1 is 1.20 bits per heavy atom. The van der Waals surface area contributed by atoms with Crippen molar-refractivity contribution in [2.24, 2.45) is 5.73 Å². The molecule has 3 N–H and O–H groups in total. The molecule has 1 aliphatic heterocycles. The van der Waals surface area contributed by atoms with Gasteiger partial charge in [-0.25, -0.2) is 4.98 Å². The Kier molecular flexibility index (Phi) is 5.73. The molecule has 2 aromatic rings. The van der Waals surface area contributed by atoms with E-state index >= 15 is 0 Å². The van der Waals surface area contributed by atoms with E-state index < -0.39 is 0 Å². The monoisotopic (exact) mass is 361 g/mol. The lowest BCUT2D eigenvalue weighted by atomic mass is 10.1. The summed E-state index contributed by atoms with van der Waals surface area (Å²) in [5, 5.41) is 0.691. The largest absolute Gasteiger partial charge is 0.340 e. The third kappa shape index (κ3) is 4.39. The van der Waals surface area contributed by atoms with Crippen LogP contribution in [0.2, 0.25) is 5.02 Å². The number of benzene rings is 1. The van der Waals surface area contributed by atoms with Crippen molar-refractivity contribution < 1.29 is 0 Å². The van der Waals surface area contributed by atoms with Crippen molar-refractivity contribution in [2.45, 2.75) is 13.3 Å². The van der Waals surface area contributed by atoms with Gasteiger partial charge in [0.1, 0.15) is 0 Å². The number of nitrogens with two attached hydrogens (primary N) is 1. The van der Waals surface area contributed by atoms with Crippen molar-refractivity contribution in [3.63, 3.8) is 0 Å². The van der Waals surface area contributed by atoms with E-state index in [0.717, 1.165) is 44.0 Å². The van der Waals surface area contributed by atoms with Crippen LogP contribution in [0.1, 0.15) is 16.8 Å². The summed E-state index contributed by atoms with van der Waals surface area (Å²) >= 11 is 5.92. The van der Waals surface area contributed by atoms with Gasteiger partial charge < -0.3 is 10.6 Å². The van der Waals surface area contributed by atoms with Gasteiger partial charge in [-0.15, -0.1) is 0 Å². The molecule has 1 fully saturated rings. The molecule has 3 rings (SSSR count). The summed E-state index contributed by atoms with van der Waals surface area (Å²) in [5.41, 5.74) is 8.06. The van der Waals surface area contributed by atoms with E-state index in [0.29, 0.717) is 29.5 Å². The van der Waals surface area contributed by atoms with Crippen molar-refractivity contribution in [1.82, 2.24) is 14.9 Å². The Hall–Kier alpha value is -1.89. The molecular weight excluding hydrogens is 338 g/mol. The average Bonchev–Trinajstić information content (AvgIpc) is 2.60. The second-order valence-electron chi connectivity index (χ2n) is 6.37. The molecule has 1 aliphatic rings. The zero-order chi connectivity index (χ0) is 17.8. The standard InChI is InChI=1S/C18H24ClN5O/c1-13-16(12-14-2-4-15(19)5-3-14)17(25)22-18(21-13)24-10-8-23(7-6-20)9-11-24/h2-5H,6-12,20H2,1H3,(H,21,22,25). The number of nitrogens with zero attached hydrogens (tertiary/aromatic N) is 3. The molecule has 0 aliphatic carbocycles. The summed E-state index contributed by atoms with van der Waals surface area (Å²) < 4.78 is 0. The van der Waals surface area contributed by atoms with Gasteiger partial charge in [-0.05, 0) is 24.6 Å². The highest BCUT2D eigenvalue weighted by atomic mass is 35.5. The fourth-order valence-corrected chi connectivity index (χ4v) is 3.25. The van der Waals surface area contributed by atoms with E-state index in [2.05, 4.69) is 19.8 Å². The van der Waals surface area contributed by atoms with Gasteiger partial charge in [0, 0.05) is 56.3 Å². The van der Waals surface area contributed by atoms with Crippen LogP contribution in [-0.2, 0) is 6.42 Å². The van der Waals surface area contributed by atoms with Crippen LogP contribution in [0.25, 0.3) is 0 Å². The van der Waals surface area contributed by atoms with Gasteiger partial charge in [0.15, 0.2) is 0 Å². The second-order valence-corrected chi connectivity index (χ2v) is 6.81. The lowest BCUT2D eigenvalue weighted by Crippen LogP contribution is -2.48. The number of hydrogen-bond acceptors (Lipinski definition) is 5. The lowest BCUT2D eigenvalue weighted by Gasteiger charge is -2.34. The number of piperazine rings is 1. The first kappa shape index (κ1) is 17.9. The smallest absolute Gasteiger partial charge is 0.256 e. The molecule has 0 spiro atoms. The Labute approximate surface area is 152 Å². The van der Waals surface area contributed by atoms with Gasteiger partial charge in [-0.1, -0.05) is 23.7 Å². The summed E-state index contributed by atoms with van der Waals surface area (Å²) in [6.07, 6.45) is 0.551. The number of hydrogen-bond donors (Lipinski definition) is 2. The van der Waals surface area contributed by atoms with E-state index in [4.69, 9.17) is 17.3 Å². The first-order chi connectivity index (χ1) is 12.1. The zero-order valence-electron chi connectivity index (χ0n) is 14.5. The van der Waals surface area contributed by atoms with Gasteiger partial charge in [0.25, 0.3) is 5.56 Å². The molecule has 1 aromatic carbocycles. The highest BCUT2D eigenvalue weighted by Gasteiger charge is 2.19. The molecule has 2 heterocycles. The SMILES string of the molecule is Cc1nc(N2CCN(CCN)CC2)[nH]c(=O)c1Cc1ccc(Cl)cc1. The van der Waals surface area contributed by atoms with Crippen LogP contribution in [-0.4, -0.2) is 54.1 Å². The number of halogens is 1. The summed E-state index contributed by atoms with van der Waals surface area (Å²) in [4.78, 5) is 24.6. The maximum absolute atomic E-state index is 12.6. The number of nitrogens with one attached hydrogen (secondary N) is 1. The van der Waals surface area contributed by atoms with Crippen molar-refractivity contribution in [1.29, 1.82) is 0 Å². The Balaban J connectivity index is 1.74. The van der Waals surface area contributed by atoms with Crippen molar-refractivity contribution in [3.05, 3.63) is 56.5 Å². The molecule has 1 saturated heterocycles. The predicted octanol–water partition coefficient (Wildman–Crippen LogP) is 1.40. The highest BCUT2D eigenvalue weighted by Crippen LogP contribution is 2.15. The molecule has 0 unspecified atom stereocenters. The third-order valence-electron chi connectivity index (χ3n) is 4.62. The predicted molar refractivity (Wildman–Crippen MR) is 102 cm³/mol. The minimum atomic E-state index is -0.0677. The van der Waals surface area contributed by atoms with Gasteiger partial charge in [-0.3, -0.25) is 14.7 Å². The van der Waals surface area contributed by atoms with Crippen LogP contribution < -0.4 is 16.2 Å². The molecule has 0 radical (unpaired) electrons. The maximum Gasteiger partial charge on any atom is 0.256 e. The molecule has 0 bridgehead atoms. The maximum atomic E-state index is 12.6. The molecule has 0 amide bonds. The Morgan fingerprint density at radius 2 is 1.88 bits per heavy atom. The first-order valence-electron chi connectivity index (χ1n) is 8.58. The van der Waals surface area contributed by atoms with Gasteiger partial charge in [-0.2, -0.15) is 0 Å². The van der Waals surface area contributed by atoms with Crippen LogP contribution in [0.15, 0.2) is 29.1 Å². The normalized spacial score (nSPS) is 15.6. The highest BCUT2D eigenvalue weighted by molar-refractivity contribution is 6.30. The van der Waals surface area contributed by atoms with Crippen molar-refractivity contribution >= 4 is 17.5 Å². The van der Waals surface area contributed by atoms with Gasteiger partial charge in [0.05, 0.1) is 5.69 Å². The summed E-state index contributed by atoms with van der Waals surface area (Å²) in [7, 11) is 0. The molecule has 25 heavy (non-hydrogen) atoms. The minimum Gasteiger partial charge on any atom is -0.340 e. The zero-order valence-corrected chi connectivity index (χ0v) is 15.2. The molecule has 0 atom stereocenters. The fourth-order valence-electron chi connectivity index (χ4n) is 3.13. The molecular formula is C18H24ClN5O. The van der Waals surface area contributed by atoms with Crippen molar-refractivity contribution in [2.75, 3.05) is 44.2 Å². The topological polar surface area (TPSA) is 78.2 Å². The molecule has 0 saturated carbocycles. The molecule has 7 heteroatoms. The van der Waals surface area contributed by atoms with E-state index in [-0.39, 0.29) is 5.56 Å². The minimum absolute atomic E-state index is 0.0677. The van der Waals surface area contributed by atoms with Crippen LogP contribution >= 0.6 is 11.6 Å². The van der Waals surface area contributed by atoms with Crippen LogP contribution in [0, 0.1) is 6.92 Å². The van der Waals surface area contributed by atoms with Gasteiger partial charge in [0.2, 0.25) is 5.95 Å². The van der Waals surface area contributed by atoms with E-state index in [1.165, 1.54) is 0 Å². The van der Waals surface area contributed by atoms with E-state index in [1.54, 1.807) is 0 Å². The van der Waals surface area contributed by atoms with Crippen molar-refractivity contribution in [3.8, 4) is 0 Å².